The molecule has 1 fully saturated rings. The van der Waals surface area contributed by atoms with Crippen LogP contribution in [0.1, 0.15) is 6.42 Å². The maximum atomic E-state index is 11.6. The first kappa shape index (κ1) is 17.9. The van der Waals surface area contributed by atoms with Gasteiger partial charge in [0, 0.05) is 24.6 Å². The van der Waals surface area contributed by atoms with E-state index in [-0.39, 0.29) is 0 Å². The average Bonchev–Trinajstić information content (AvgIpc) is 3.34. The van der Waals surface area contributed by atoms with Gasteiger partial charge in [0.1, 0.15) is 0 Å². The lowest BCUT2D eigenvalue weighted by atomic mass is 10.0. The lowest BCUT2D eigenvalue weighted by molar-refractivity contribution is 0.450. The van der Waals surface area contributed by atoms with Crippen LogP contribution in [0.5, 0.6) is 0 Å². The highest BCUT2D eigenvalue weighted by molar-refractivity contribution is 7.90. The third-order valence-electron chi connectivity index (χ3n) is 5.02. The molecule has 1 saturated heterocycles. The number of nitrogens with zero attached hydrogens (tertiary/aromatic N) is 2. The highest BCUT2D eigenvalue weighted by atomic mass is 32.2. The number of benzene rings is 2. The Kier molecular flexibility index (Phi) is 4.85. The van der Waals surface area contributed by atoms with Gasteiger partial charge in [-0.2, -0.15) is 5.10 Å². The summed E-state index contributed by atoms with van der Waals surface area (Å²) in [6, 6.07) is 17.2. The van der Waals surface area contributed by atoms with Gasteiger partial charge < -0.3 is 5.32 Å². The molecule has 5 nitrogen and oxygen atoms in total. The summed E-state index contributed by atoms with van der Waals surface area (Å²) in [5, 5.41) is 8.13. The molecule has 0 saturated carbocycles. The van der Waals surface area contributed by atoms with Crippen LogP contribution in [0.3, 0.4) is 0 Å². The van der Waals surface area contributed by atoms with E-state index in [2.05, 4.69) is 17.4 Å². The molecular weight excluding hydrogens is 358 g/mol. The Morgan fingerprint density at radius 2 is 1.85 bits per heavy atom. The minimum atomic E-state index is -3.18. The van der Waals surface area contributed by atoms with Crippen molar-refractivity contribution in [2.24, 2.45) is 5.92 Å². The van der Waals surface area contributed by atoms with Crippen LogP contribution in [0.2, 0.25) is 0 Å². The molecule has 1 aliphatic heterocycles. The van der Waals surface area contributed by atoms with Crippen LogP contribution in [0.15, 0.2) is 65.7 Å². The van der Waals surface area contributed by atoms with Crippen molar-refractivity contribution in [1.82, 2.24) is 15.1 Å². The average molecular weight is 382 g/mol. The molecule has 1 atom stereocenters. The van der Waals surface area contributed by atoms with Gasteiger partial charge in [-0.05, 0) is 60.8 Å². The first-order valence-corrected chi connectivity index (χ1v) is 11.0. The molecule has 0 amide bonds. The number of sulfone groups is 1. The molecular formula is C21H23N3O2S. The van der Waals surface area contributed by atoms with Gasteiger partial charge >= 0.3 is 0 Å². The molecule has 27 heavy (non-hydrogen) atoms. The summed E-state index contributed by atoms with van der Waals surface area (Å²) in [6.07, 6.45) is 4.47. The third kappa shape index (κ3) is 4.12. The van der Waals surface area contributed by atoms with E-state index in [4.69, 9.17) is 5.10 Å². The minimum Gasteiger partial charge on any atom is -0.316 e. The number of aromatic nitrogens is 2. The van der Waals surface area contributed by atoms with Gasteiger partial charge in [0.15, 0.2) is 9.84 Å². The number of rotatable bonds is 5. The van der Waals surface area contributed by atoms with E-state index in [1.807, 2.05) is 41.2 Å². The lowest BCUT2D eigenvalue weighted by Gasteiger charge is -2.08. The summed E-state index contributed by atoms with van der Waals surface area (Å²) in [5.74, 6) is 0.650. The Labute approximate surface area is 160 Å². The summed E-state index contributed by atoms with van der Waals surface area (Å²) in [7, 11) is -3.18. The zero-order valence-electron chi connectivity index (χ0n) is 15.3. The minimum absolute atomic E-state index is 0.336. The van der Waals surface area contributed by atoms with E-state index >= 15 is 0 Å². The largest absolute Gasteiger partial charge is 0.316 e. The van der Waals surface area contributed by atoms with Crippen molar-refractivity contribution in [3.8, 4) is 22.4 Å². The van der Waals surface area contributed by atoms with E-state index in [0.717, 1.165) is 42.0 Å². The predicted molar refractivity (Wildman–Crippen MR) is 107 cm³/mol. The van der Waals surface area contributed by atoms with Crippen molar-refractivity contribution < 1.29 is 8.42 Å². The summed E-state index contributed by atoms with van der Waals surface area (Å²) in [5.41, 5.74) is 4.04. The first-order valence-electron chi connectivity index (χ1n) is 9.14. The van der Waals surface area contributed by atoms with E-state index in [1.165, 1.54) is 12.7 Å². The Hall–Kier alpha value is -2.44. The van der Waals surface area contributed by atoms with E-state index in [1.54, 1.807) is 12.1 Å². The summed E-state index contributed by atoms with van der Waals surface area (Å²) in [6.45, 7) is 3.10. The molecule has 1 aliphatic rings. The molecule has 0 unspecified atom stereocenters. The van der Waals surface area contributed by atoms with Crippen molar-refractivity contribution >= 4 is 9.84 Å². The SMILES string of the molecule is CS(=O)(=O)c1ccc(-c2cccc(-c3ccn(C[C@@H]4CCNC4)n3)c2)cc1. The second-order valence-electron chi connectivity index (χ2n) is 7.16. The normalized spacial score (nSPS) is 17.3. The van der Waals surface area contributed by atoms with Crippen molar-refractivity contribution in [2.75, 3.05) is 19.3 Å². The van der Waals surface area contributed by atoms with Crippen LogP contribution in [-0.2, 0) is 16.4 Å². The number of nitrogens with one attached hydrogen (secondary N) is 1. The maximum Gasteiger partial charge on any atom is 0.175 e. The number of hydrogen-bond donors (Lipinski definition) is 1. The molecule has 0 aliphatic carbocycles. The second-order valence-corrected chi connectivity index (χ2v) is 9.17. The first-order chi connectivity index (χ1) is 13.0. The molecule has 4 rings (SSSR count). The molecule has 0 spiro atoms. The van der Waals surface area contributed by atoms with Crippen molar-refractivity contribution in [3.63, 3.8) is 0 Å². The van der Waals surface area contributed by atoms with E-state index in [0.29, 0.717) is 10.8 Å². The summed E-state index contributed by atoms with van der Waals surface area (Å²) in [4.78, 5) is 0.336. The monoisotopic (exact) mass is 381 g/mol. The highest BCUT2D eigenvalue weighted by Crippen LogP contribution is 2.26. The summed E-state index contributed by atoms with van der Waals surface area (Å²) >= 11 is 0. The summed E-state index contributed by atoms with van der Waals surface area (Å²) < 4.78 is 25.3. The maximum absolute atomic E-state index is 11.6. The second kappa shape index (κ2) is 7.29. The van der Waals surface area contributed by atoms with Crippen molar-refractivity contribution in [3.05, 3.63) is 60.8 Å². The molecule has 6 heteroatoms. The Bertz CT molecular complexity index is 1030. The van der Waals surface area contributed by atoms with Gasteiger partial charge in [-0.15, -0.1) is 0 Å². The Morgan fingerprint density at radius 3 is 2.56 bits per heavy atom. The van der Waals surface area contributed by atoms with Crippen LogP contribution in [0.25, 0.3) is 22.4 Å². The van der Waals surface area contributed by atoms with Gasteiger partial charge in [-0.25, -0.2) is 8.42 Å². The zero-order chi connectivity index (χ0) is 18.9. The van der Waals surface area contributed by atoms with Gasteiger partial charge in [-0.3, -0.25) is 4.68 Å². The molecule has 3 aromatic rings. The van der Waals surface area contributed by atoms with Crippen LogP contribution in [0.4, 0.5) is 0 Å². The lowest BCUT2D eigenvalue weighted by Crippen LogP contribution is -2.14. The van der Waals surface area contributed by atoms with Crippen LogP contribution < -0.4 is 5.32 Å². The fourth-order valence-electron chi connectivity index (χ4n) is 3.50. The van der Waals surface area contributed by atoms with Crippen LogP contribution >= 0.6 is 0 Å². The molecule has 0 bridgehead atoms. The van der Waals surface area contributed by atoms with Gasteiger partial charge in [-0.1, -0.05) is 30.3 Å². The van der Waals surface area contributed by atoms with E-state index < -0.39 is 9.84 Å². The molecule has 2 aromatic carbocycles. The standard InChI is InChI=1S/C21H23N3O2S/c1-27(25,26)20-7-5-17(6-8-20)18-3-2-4-19(13-18)21-10-12-24(23-21)15-16-9-11-22-14-16/h2-8,10,12-13,16,22H,9,11,14-15H2,1H3/t16-/m1/s1. The fourth-order valence-corrected chi connectivity index (χ4v) is 4.14. The molecule has 140 valence electrons. The van der Waals surface area contributed by atoms with Crippen LogP contribution in [-0.4, -0.2) is 37.5 Å². The quantitative estimate of drug-likeness (QED) is 0.737. The Balaban J connectivity index is 1.56. The molecule has 2 heterocycles. The van der Waals surface area contributed by atoms with Crippen molar-refractivity contribution in [2.45, 2.75) is 17.9 Å². The molecule has 1 aromatic heterocycles. The highest BCUT2D eigenvalue weighted by Gasteiger charge is 2.15. The van der Waals surface area contributed by atoms with Crippen LogP contribution in [0, 0.1) is 5.92 Å². The fraction of sp³-hybridized carbons (Fsp3) is 0.286. The topological polar surface area (TPSA) is 64.0 Å². The Morgan fingerprint density at radius 1 is 1.07 bits per heavy atom. The van der Waals surface area contributed by atoms with E-state index in [9.17, 15) is 8.42 Å². The zero-order valence-corrected chi connectivity index (χ0v) is 16.1. The number of hydrogen-bond acceptors (Lipinski definition) is 4. The van der Waals surface area contributed by atoms with Gasteiger partial charge in [0.25, 0.3) is 0 Å². The third-order valence-corrected chi connectivity index (χ3v) is 6.15. The predicted octanol–water partition coefficient (Wildman–Crippen LogP) is 3.23. The van der Waals surface area contributed by atoms with Gasteiger partial charge in [0.2, 0.25) is 0 Å². The van der Waals surface area contributed by atoms with Crippen molar-refractivity contribution in [1.29, 1.82) is 0 Å². The smallest absolute Gasteiger partial charge is 0.175 e. The molecule has 0 radical (unpaired) electrons. The molecule has 1 N–H and O–H groups in total. The van der Waals surface area contributed by atoms with Gasteiger partial charge in [0.05, 0.1) is 10.6 Å².